The van der Waals surface area contributed by atoms with Gasteiger partial charge in [0.05, 0.1) is 11.5 Å². The summed E-state index contributed by atoms with van der Waals surface area (Å²) in [5, 5.41) is 0. The van der Waals surface area contributed by atoms with E-state index in [9.17, 15) is 13.2 Å². The maximum atomic E-state index is 12.8. The van der Waals surface area contributed by atoms with Crippen molar-refractivity contribution >= 4 is 31.9 Å². The first-order valence-electron chi connectivity index (χ1n) is 10.0. The molecule has 0 aliphatic rings. The molecule has 0 atom stereocenters. The van der Waals surface area contributed by atoms with Crippen molar-refractivity contribution in [3.63, 3.8) is 0 Å². The number of halogens is 1. The van der Waals surface area contributed by atoms with Crippen molar-refractivity contribution in [2.45, 2.75) is 31.6 Å². The Bertz CT molecular complexity index is 1190. The van der Waals surface area contributed by atoms with Crippen molar-refractivity contribution in [1.82, 2.24) is 4.72 Å². The number of hydrogen-bond donors (Lipinski definition) is 1. The molecule has 0 radical (unpaired) electrons. The highest BCUT2D eigenvalue weighted by Crippen LogP contribution is 2.31. The topological polar surface area (TPSA) is 72.5 Å². The van der Waals surface area contributed by atoms with Gasteiger partial charge in [0.25, 0.3) is 15.9 Å². The summed E-state index contributed by atoms with van der Waals surface area (Å²) in [6.07, 6.45) is 1.48. The predicted molar refractivity (Wildman–Crippen MR) is 126 cm³/mol. The molecule has 1 N–H and O–H groups in total. The van der Waals surface area contributed by atoms with E-state index in [1.54, 1.807) is 18.2 Å². The number of ether oxygens (including phenoxy) is 1. The average Bonchev–Trinajstić information content (AvgIpc) is 2.77. The van der Waals surface area contributed by atoms with Gasteiger partial charge in [-0.1, -0.05) is 66.2 Å². The van der Waals surface area contributed by atoms with Crippen LogP contribution in [0.4, 0.5) is 0 Å². The van der Waals surface area contributed by atoms with Crippen LogP contribution >= 0.6 is 15.9 Å². The van der Waals surface area contributed by atoms with Crippen LogP contribution in [-0.4, -0.2) is 20.9 Å². The van der Waals surface area contributed by atoms with E-state index in [2.05, 4.69) is 20.7 Å². The Hall–Kier alpha value is -2.64. The quantitative estimate of drug-likeness (QED) is 0.436. The van der Waals surface area contributed by atoms with Crippen LogP contribution in [0.25, 0.3) is 11.1 Å². The number of amides is 1. The lowest BCUT2D eigenvalue weighted by molar-refractivity contribution is 0.0980. The first kappa shape index (κ1) is 23.0. The van der Waals surface area contributed by atoms with Crippen LogP contribution in [0.15, 0.2) is 76.1 Å². The third kappa shape index (κ3) is 5.54. The molecule has 0 aromatic heterocycles. The zero-order valence-electron chi connectivity index (χ0n) is 17.4. The SMILES string of the molecule is CCCOc1ccccc1-c1ccc(C(=O)NS(=O)(=O)c2cccc(Br)c2)c(CC)c1. The number of carbonyl (C=O) groups excluding carboxylic acids is 1. The van der Waals surface area contributed by atoms with E-state index >= 15 is 0 Å². The number of sulfonamides is 1. The molecule has 3 aromatic rings. The van der Waals surface area contributed by atoms with Gasteiger partial charge in [0.15, 0.2) is 0 Å². The molecule has 0 fully saturated rings. The number of aryl methyl sites for hydroxylation is 1. The van der Waals surface area contributed by atoms with Crippen molar-refractivity contribution < 1.29 is 17.9 Å². The molecule has 0 saturated heterocycles. The van der Waals surface area contributed by atoms with Gasteiger partial charge in [-0.05, 0) is 54.3 Å². The Morgan fingerprint density at radius 2 is 1.77 bits per heavy atom. The van der Waals surface area contributed by atoms with E-state index in [4.69, 9.17) is 4.74 Å². The first-order valence-corrected chi connectivity index (χ1v) is 12.3. The monoisotopic (exact) mass is 501 g/mol. The normalized spacial score (nSPS) is 11.2. The number of rotatable bonds is 8. The lowest BCUT2D eigenvalue weighted by atomic mass is 9.97. The second-order valence-electron chi connectivity index (χ2n) is 6.96. The van der Waals surface area contributed by atoms with E-state index in [0.717, 1.165) is 28.9 Å². The summed E-state index contributed by atoms with van der Waals surface area (Å²) in [5.41, 5.74) is 2.93. The van der Waals surface area contributed by atoms with Gasteiger partial charge in [0.2, 0.25) is 0 Å². The standard InChI is InChI=1S/C24H24BrNO4S/c1-3-14-30-23-11-6-5-10-21(23)18-12-13-22(17(4-2)15-18)24(27)26-31(28,29)20-9-7-8-19(25)16-20/h5-13,15-16H,3-4,14H2,1-2H3,(H,26,27). The zero-order valence-corrected chi connectivity index (χ0v) is 19.8. The lowest BCUT2D eigenvalue weighted by Gasteiger charge is -2.14. The van der Waals surface area contributed by atoms with Crippen LogP contribution in [-0.2, 0) is 16.4 Å². The second-order valence-corrected chi connectivity index (χ2v) is 9.56. The summed E-state index contributed by atoms with van der Waals surface area (Å²) < 4.78 is 33.9. The molecule has 31 heavy (non-hydrogen) atoms. The van der Waals surface area contributed by atoms with Crippen molar-refractivity contribution in [2.75, 3.05) is 6.61 Å². The van der Waals surface area contributed by atoms with Gasteiger partial charge in [-0.3, -0.25) is 4.79 Å². The molecule has 0 aliphatic carbocycles. The second kappa shape index (κ2) is 10.1. The Balaban J connectivity index is 1.91. The fraction of sp³-hybridized carbons (Fsp3) is 0.208. The number of benzene rings is 3. The smallest absolute Gasteiger partial charge is 0.265 e. The Morgan fingerprint density at radius 3 is 2.48 bits per heavy atom. The first-order chi connectivity index (χ1) is 14.9. The fourth-order valence-corrected chi connectivity index (χ4v) is 4.75. The minimum Gasteiger partial charge on any atom is -0.493 e. The molecule has 1 amide bonds. The largest absolute Gasteiger partial charge is 0.493 e. The lowest BCUT2D eigenvalue weighted by Crippen LogP contribution is -2.31. The van der Waals surface area contributed by atoms with Crippen LogP contribution in [0.2, 0.25) is 0 Å². The van der Waals surface area contributed by atoms with Gasteiger partial charge in [-0.15, -0.1) is 0 Å². The van der Waals surface area contributed by atoms with Crippen LogP contribution < -0.4 is 9.46 Å². The van der Waals surface area contributed by atoms with Gasteiger partial charge in [0.1, 0.15) is 5.75 Å². The van der Waals surface area contributed by atoms with Crippen LogP contribution in [0, 0.1) is 0 Å². The summed E-state index contributed by atoms with van der Waals surface area (Å²) in [5.74, 6) is 0.125. The van der Waals surface area contributed by atoms with Gasteiger partial charge in [-0.25, -0.2) is 13.1 Å². The molecule has 0 bridgehead atoms. The van der Waals surface area contributed by atoms with Crippen LogP contribution in [0.3, 0.4) is 0 Å². The van der Waals surface area contributed by atoms with Crippen molar-refractivity contribution in [2.24, 2.45) is 0 Å². The zero-order chi connectivity index (χ0) is 22.4. The number of para-hydroxylation sites is 1. The molecule has 3 aromatic carbocycles. The van der Waals surface area contributed by atoms with E-state index in [1.165, 1.54) is 12.1 Å². The average molecular weight is 502 g/mol. The molecule has 0 saturated carbocycles. The van der Waals surface area contributed by atoms with Crippen molar-refractivity contribution in [3.05, 3.63) is 82.3 Å². The van der Waals surface area contributed by atoms with Crippen molar-refractivity contribution in [3.8, 4) is 16.9 Å². The maximum absolute atomic E-state index is 12.8. The third-order valence-corrected chi connectivity index (χ3v) is 6.55. The Labute approximate surface area is 191 Å². The van der Waals surface area contributed by atoms with Crippen LogP contribution in [0.5, 0.6) is 5.75 Å². The number of nitrogens with one attached hydrogen (secondary N) is 1. The molecule has 3 rings (SSSR count). The highest BCUT2D eigenvalue weighted by atomic mass is 79.9. The summed E-state index contributed by atoms with van der Waals surface area (Å²) in [6, 6.07) is 19.3. The molecule has 0 heterocycles. The Morgan fingerprint density at radius 1 is 1.00 bits per heavy atom. The fourth-order valence-electron chi connectivity index (χ4n) is 3.19. The van der Waals surface area contributed by atoms with E-state index in [-0.39, 0.29) is 4.90 Å². The van der Waals surface area contributed by atoms with Gasteiger partial charge in [0, 0.05) is 15.6 Å². The molecule has 0 spiro atoms. The molecule has 5 nitrogen and oxygen atoms in total. The van der Waals surface area contributed by atoms with E-state index in [0.29, 0.717) is 23.1 Å². The summed E-state index contributed by atoms with van der Waals surface area (Å²) >= 11 is 3.25. The Kier molecular flexibility index (Phi) is 7.51. The molecular formula is C24H24BrNO4S. The summed E-state index contributed by atoms with van der Waals surface area (Å²) in [4.78, 5) is 12.8. The minimum absolute atomic E-state index is 0.0203. The van der Waals surface area contributed by atoms with E-state index < -0.39 is 15.9 Å². The van der Waals surface area contributed by atoms with Gasteiger partial charge < -0.3 is 4.74 Å². The molecular weight excluding hydrogens is 478 g/mol. The summed E-state index contributed by atoms with van der Waals surface area (Å²) in [7, 11) is -3.98. The van der Waals surface area contributed by atoms with Gasteiger partial charge in [-0.2, -0.15) is 0 Å². The van der Waals surface area contributed by atoms with Gasteiger partial charge >= 0.3 is 0 Å². The molecule has 0 unspecified atom stereocenters. The predicted octanol–water partition coefficient (Wildman–Crippen LogP) is 5.59. The number of hydrogen-bond acceptors (Lipinski definition) is 4. The minimum atomic E-state index is -3.98. The molecule has 7 heteroatoms. The van der Waals surface area contributed by atoms with E-state index in [1.807, 2.05) is 50.2 Å². The maximum Gasteiger partial charge on any atom is 0.265 e. The third-order valence-electron chi connectivity index (χ3n) is 4.72. The van der Waals surface area contributed by atoms with Crippen LogP contribution in [0.1, 0.15) is 36.2 Å². The highest BCUT2D eigenvalue weighted by molar-refractivity contribution is 9.10. The molecule has 162 valence electrons. The van der Waals surface area contributed by atoms with Crippen molar-refractivity contribution in [1.29, 1.82) is 0 Å². The number of carbonyl (C=O) groups is 1. The highest BCUT2D eigenvalue weighted by Gasteiger charge is 2.21. The molecule has 0 aliphatic heterocycles. The summed E-state index contributed by atoms with van der Waals surface area (Å²) in [6.45, 7) is 4.59.